The molecule has 0 heterocycles. The summed E-state index contributed by atoms with van der Waals surface area (Å²) in [7, 11) is 0. The maximum Gasteiger partial charge on any atom is 0.319 e. The SMILES string of the molecule is CC1CCCCC1CNC(=O)C1(C(=O)O)CC1. The van der Waals surface area contributed by atoms with Crippen molar-refractivity contribution >= 4 is 11.9 Å². The molecule has 2 aliphatic rings. The number of aliphatic carboxylic acids is 1. The van der Waals surface area contributed by atoms with Crippen molar-refractivity contribution in [3.05, 3.63) is 0 Å². The van der Waals surface area contributed by atoms with Crippen molar-refractivity contribution < 1.29 is 14.7 Å². The number of carbonyl (C=O) groups excluding carboxylic acids is 1. The quantitative estimate of drug-likeness (QED) is 0.735. The van der Waals surface area contributed by atoms with Crippen molar-refractivity contribution in [1.82, 2.24) is 5.32 Å². The van der Waals surface area contributed by atoms with Crippen LogP contribution in [0, 0.1) is 17.3 Å². The van der Waals surface area contributed by atoms with Crippen molar-refractivity contribution in [2.45, 2.75) is 45.4 Å². The van der Waals surface area contributed by atoms with E-state index in [9.17, 15) is 9.59 Å². The van der Waals surface area contributed by atoms with Crippen molar-refractivity contribution in [1.29, 1.82) is 0 Å². The maximum absolute atomic E-state index is 11.8. The second-order valence-corrected chi connectivity index (χ2v) is 5.62. The van der Waals surface area contributed by atoms with E-state index < -0.39 is 11.4 Å². The van der Waals surface area contributed by atoms with E-state index in [1.54, 1.807) is 0 Å². The molecule has 0 spiro atoms. The highest BCUT2D eigenvalue weighted by Gasteiger charge is 2.57. The van der Waals surface area contributed by atoms with Crippen LogP contribution in [0.4, 0.5) is 0 Å². The standard InChI is InChI=1S/C13H21NO3/c1-9-4-2-3-5-10(9)8-14-11(15)13(6-7-13)12(16)17/h9-10H,2-8H2,1H3,(H,14,15)(H,16,17). The minimum absolute atomic E-state index is 0.275. The Balaban J connectivity index is 1.82. The molecule has 4 heteroatoms. The van der Waals surface area contributed by atoms with Crippen molar-refractivity contribution in [2.24, 2.45) is 17.3 Å². The highest BCUT2D eigenvalue weighted by Crippen LogP contribution is 2.46. The number of amides is 1. The second kappa shape index (κ2) is 4.67. The van der Waals surface area contributed by atoms with Gasteiger partial charge in [0, 0.05) is 6.54 Å². The van der Waals surface area contributed by atoms with E-state index in [1.807, 2.05) is 0 Å². The third-order valence-corrected chi connectivity index (χ3v) is 4.41. The van der Waals surface area contributed by atoms with Gasteiger partial charge in [0.05, 0.1) is 0 Å². The van der Waals surface area contributed by atoms with Gasteiger partial charge in [0.15, 0.2) is 0 Å². The molecule has 0 radical (unpaired) electrons. The molecular weight excluding hydrogens is 218 g/mol. The molecule has 2 N–H and O–H groups in total. The number of carboxylic acid groups (broad SMARTS) is 1. The number of nitrogens with one attached hydrogen (secondary N) is 1. The average molecular weight is 239 g/mol. The monoisotopic (exact) mass is 239 g/mol. The highest BCUT2D eigenvalue weighted by molar-refractivity contribution is 6.04. The molecular formula is C13H21NO3. The first kappa shape index (κ1) is 12.4. The Hall–Kier alpha value is -1.06. The van der Waals surface area contributed by atoms with E-state index >= 15 is 0 Å². The molecule has 2 aliphatic carbocycles. The zero-order valence-electron chi connectivity index (χ0n) is 10.4. The van der Waals surface area contributed by atoms with Crippen molar-refractivity contribution in [3.63, 3.8) is 0 Å². The number of rotatable bonds is 4. The van der Waals surface area contributed by atoms with Crippen LogP contribution in [0.25, 0.3) is 0 Å². The topological polar surface area (TPSA) is 66.4 Å². The Labute approximate surface area is 102 Å². The van der Waals surface area contributed by atoms with Gasteiger partial charge >= 0.3 is 5.97 Å². The molecule has 0 aromatic heterocycles. The average Bonchev–Trinajstić information content (AvgIpc) is 3.08. The van der Waals surface area contributed by atoms with Crippen LogP contribution >= 0.6 is 0 Å². The minimum atomic E-state index is -1.09. The largest absolute Gasteiger partial charge is 0.480 e. The fourth-order valence-electron chi connectivity index (χ4n) is 2.75. The molecule has 4 nitrogen and oxygen atoms in total. The fraction of sp³-hybridized carbons (Fsp3) is 0.846. The van der Waals surface area contributed by atoms with Crippen LogP contribution in [0.2, 0.25) is 0 Å². The number of carboxylic acids is 1. The molecule has 1 amide bonds. The maximum atomic E-state index is 11.8. The van der Waals surface area contributed by atoms with E-state index in [2.05, 4.69) is 12.2 Å². The Morgan fingerprint density at radius 2 is 1.94 bits per heavy atom. The number of carbonyl (C=O) groups is 2. The van der Waals surface area contributed by atoms with Crippen LogP contribution in [0.1, 0.15) is 45.4 Å². The van der Waals surface area contributed by atoms with E-state index in [1.165, 1.54) is 19.3 Å². The normalized spacial score (nSPS) is 30.6. The highest BCUT2D eigenvalue weighted by atomic mass is 16.4. The van der Waals surface area contributed by atoms with Crippen LogP contribution in [-0.4, -0.2) is 23.5 Å². The number of hydrogen-bond donors (Lipinski definition) is 2. The second-order valence-electron chi connectivity index (χ2n) is 5.62. The van der Waals surface area contributed by atoms with Gasteiger partial charge in [-0.15, -0.1) is 0 Å². The lowest BCUT2D eigenvalue weighted by Crippen LogP contribution is -2.40. The summed E-state index contributed by atoms with van der Waals surface area (Å²) in [6.45, 7) is 2.87. The van der Waals surface area contributed by atoms with Gasteiger partial charge in [-0.3, -0.25) is 9.59 Å². The van der Waals surface area contributed by atoms with Crippen molar-refractivity contribution in [3.8, 4) is 0 Å². The van der Waals surface area contributed by atoms with E-state index in [-0.39, 0.29) is 5.91 Å². The van der Waals surface area contributed by atoms with Gasteiger partial charge in [-0.1, -0.05) is 26.2 Å². The summed E-state index contributed by atoms with van der Waals surface area (Å²) in [4.78, 5) is 22.8. The first-order valence-corrected chi connectivity index (χ1v) is 6.58. The molecule has 0 aromatic rings. The van der Waals surface area contributed by atoms with Crippen LogP contribution in [-0.2, 0) is 9.59 Å². The lowest BCUT2D eigenvalue weighted by atomic mass is 9.80. The van der Waals surface area contributed by atoms with E-state index in [0.29, 0.717) is 31.2 Å². The molecule has 0 aromatic carbocycles. The summed E-state index contributed by atoms with van der Waals surface area (Å²) >= 11 is 0. The molecule has 2 rings (SSSR count). The summed E-state index contributed by atoms with van der Waals surface area (Å²) in [6, 6.07) is 0. The third kappa shape index (κ3) is 2.45. The Bertz CT molecular complexity index is 323. The van der Waals surface area contributed by atoms with Gasteiger partial charge in [0.1, 0.15) is 5.41 Å². The van der Waals surface area contributed by atoms with Gasteiger partial charge in [-0.05, 0) is 31.1 Å². The predicted molar refractivity (Wildman–Crippen MR) is 63.4 cm³/mol. The molecule has 17 heavy (non-hydrogen) atoms. The van der Waals surface area contributed by atoms with Crippen LogP contribution in [0.15, 0.2) is 0 Å². The Morgan fingerprint density at radius 3 is 2.47 bits per heavy atom. The third-order valence-electron chi connectivity index (χ3n) is 4.41. The van der Waals surface area contributed by atoms with Crippen LogP contribution < -0.4 is 5.32 Å². The zero-order chi connectivity index (χ0) is 12.5. The number of hydrogen-bond acceptors (Lipinski definition) is 2. The Morgan fingerprint density at radius 1 is 1.29 bits per heavy atom. The predicted octanol–water partition coefficient (Wildman–Crippen LogP) is 1.79. The molecule has 0 bridgehead atoms. The molecule has 96 valence electrons. The molecule has 0 saturated heterocycles. The van der Waals surface area contributed by atoms with Crippen LogP contribution in [0.5, 0.6) is 0 Å². The van der Waals surface area contributed by atoms with Gasteiger partial charge in [0.2, 0.25) is 5.91 Å². The smallest absolute Gasteiger partial charge is 0.319 e. The first-order chi connectivity index (χ1) is 8.06. The molecule has 0 aliphatic heterocycles. The Kier molecular flexibility index (Phi) is 3.40. The lowest BCUT2D eigenvalue weighted by molar-refractivity contribution is -0.149. The summed E-state index contributed by atoms with van der Waals surface area (Å²) in [5, 5.41) is 11.8. The summed E-state index contributed by atoms with van der Waals surface area (Å²) in [6.07, 6.45) is 5.88. The van der Waals surface area contributed by atoms with Gasteiger partial charge < -0.3 is 10.4 Å². The van der Waals surface area contributed by atoms with E-state index in [4.69, 9.17) is 5.11 Å². The lowest BCUT2D eigenvalue weighted by Gasteiger charge is -2.29. The molecule has 2 saturated carbocycles. The minimum Gasteiger partial charge on any atom is -0.480 e. The first-order valence-electron chi connectivity index (χ1n) is 6.58. The van der Waals surface area contributed by atoms with Gasteiger partial charge in [-0.25, -0.2) is 0 Å². The molecule has 2 atom stereocenters. The summed E-state index contributed by atoms with van der Waals surface area (Å²) in [5.74, 6) is -0.0733. The van der Waals surface area contributed by atoms with Gasteiger partial charge in [0.25, 0.3) is 0 Å². The summed E-state index contributed by atoms with van der Waals surface area (Å²) < 4.78 is 0. The fourth-order valence-corrected chi connectivity index (χ4v) is 2.75. The van der Waals surface area contributed by atoms with Crippen LogP contribution in [0.3, 0.4) is 0 Å². The zero-order valence-corrected chi connectivity index (χ0v) is 10.4. The van der Waals surface area contributed by atoms with Gasteiger partial charge in [-0.2, -0.15) is 0 Å². The summed E-state index contributed by atoms with van der Waals surface area (Å²) in [5.41, 5.74) is -1.09. The van der Waals surface area contributed by atoms with Crippen molar-refractivity contribution in [2.75, 3.05) is 6.54 Å². The molecule has 2 unspecified atom stereocenters. The molecule has 2 fully saturated rings. The van der Waals surface area contributed by atoms with E-state index in [0.717, 1.165) is 6.42 Å².